The number of hydrogen-bond donors (Lipinski definition) is 1. The van der Waals surface area contributed by atoms with Crippen LogP contribution in [0.2, 0.25) is 0 Å². The average Bonchev–Trinajstić information content (AvgIpc) is 3.13. The quantitative estimate of drug-likeness (QED) is 0.450. The molecule has 0 saturated heterocycles. The van der Waals surface area contributed by atoms with Crippen molar-refractivity contribution >= 4 is 44.9 Å². The minimum Gasteiger partial charge on any atom is -0.325 e. The van der Waals surface area contributed by atoms with Crippen LogP contribution in [-0.2, 0) is 10.5 Å². The summed E-state index contributed by atoms with van der Waals surface area (Å²) in [5, 5.41) is 3.95. The zero-order valence-corrected chi connectivity index (χ0v) is 16.2. The van der Waals surface area contributed by atoms with Crippen molar-refractivity contribution < 1.29 is 4.79 Å². The Balaban J connectivity index is 1.39. The summed E-state index contributed by atoms with van der Waals surface area (Å²) >= 11 is 3.28. The largest absolute Gasteiger partial charge is 0.325 e. The lowest BCUT2D eigenvalue weighted by Crippen LogP contribution is -2.14. The molecule has 0 saturated carbocycles. The Morgan fingerprint density at radius 3 is 2.63 bits per heavy atom. The Kier molecular flexibility index (Phi) is 5.51. The summed E-state index contributed by atoms with van der Waals surface area (Å²) in [7, 11) is 0. The Bertz CT molecular complexity index is 1030. The first-order valence-electron chi connectivity index (χ1n) is 8.65. The van der Waals surface area contributed by atoms with Gasteiger partial charge in [0.2, 0.25) is 5.91 Å². The Labute approximate surface area is 166 Å². The third-order valence-corrected chi connectivity index (χ3v) is 6.12. The lowest BCUT2D eigenvalue weighted by Gasteiger charge is -2.06. The molecular weight excluding hydrogens is 372 g/mol. The number of para-hydroxylation sites is 1. The molecule has 0 unspecified atom stereocenters. The van der Waals surface area contributed by atoms with E-state index in [0.717, 1.165) is 27.5 Å². The van der Waals surface area contributed by atoms with Crippen LogP contribution in [0.1, 0.15) is 5.56 Å². The molecule has 0 spiro atoms. The topological polar surface area (TPSA) is 42.0 Å². The second-order valence-corrected chi connectivity index (χ2v) is 8.11. The fraction of sp³-hybridized carbons (Fsp3) is 0.0909. The molecule has 4 aromatic rings. The molecule has 5 heteroatoms. The van der Waals surface area contributed by atoms with E-state index in [2.05, 4.69) is 28.5 Å². The van der Waals surface area contributed by atoms with Crippen LogP contribution in [0.3, 0.4) is 0 Å². The molecule has 0 radical (unpaired) electrons. The molecule has 0 aliphatic rings. The van der Waals surface area contributed by atoms with Gasteiger partial charge in [0, 0.05) is 17.0 Å². The number of thiazole rings is 1. The zero-order valence-electron chi connectivity index (χ0n) is 14.6. The molecule has 1 aromatic heterocycles. The van der Waals surface area contributed by atoms with Gasteiger partial charge in [-0.2, -0.15) is 0 Å². The lowest BCUT2D eigenvalue weighted by atomic mass is 10.2. The molecule has 0 fully saturated rings. The van der Waals surface area contributed by atoms with Crippen molar-refractivity contribution in [1.29, 1.82) is 0 Å². The van der Waals surface area contributed by atoms with E-state index in [1.807, 2.05) is 60.7 Å². The normalized spacial score (nSPS) is 10.8. The first-order chi connectivity index (χ1) is 13.3. The second-order valence-electron chi connectivity index (χ2n) is 6.09. The average molecular weight is 391 g/mol. The number of rotatable bonds is 6. The van der Waals surface area contributed by atoms with Crippen molar-refractivity contribution in [2.24, 2.45) is 0 Å². The third kappa shape index (κ3) is 4.56. The molecule has 27 heavy (non-hydrogen) atoms. The van der Waals surface area contributed by atoms with E-state index in [1.54, 1.807) is 23.1 Å². The standard InChI is InChI=1S/C22H18N2OS2/c25-21(15-26-14-16-7-2-1-3-8-16)23-18-10-6-9-17(13-18)22-24-19-11-4-5-12-20(19)27-22/h1-13H,14-15H2,(H,23,25). The molecular formula is C22H18N2OS2. The van der Waals surface area contributed by atoms with Gasteiger partial charge < -0.3 is 5.32 Å². The maximum atomic E-state index is 12.2. The number of carbonyl (C=O) groups is 1. The SMILES string of the molecule is O=C(CSCc1ccccc1)Nc1cccc(-c2nc3ccccc3s2)c1. The zero-order chi connectivity index (χ0) is 18.5. The Morgan fingerprint density at radius 1 is 0.963 bits per heavy atom. The van der Waals surface area contributed by atoms with Gasteiger partial charge in [-0.05, 0) is 29.8 Å². The first kappa shape index (κ1) is 17.8. The van der Waals surface area contributed by atoms with Crippen LogP contribution in [0.15, 0.2) is 78.9 Å². The number of nitrogens with zero attached hydrogens (tertiary/aromatic N) is 1. The molecule has 134 valence electrons. The van der Waals surface area contributed by atoms with E-state index in [0.29, 0.717) is 5.75 Å². The van der Waals surface area contributed by atoms with Crippen LogP contribution >= 0.6 is 23.1 Å². The van der Waals surface area contributed by atoms with Gasteiger partial charge in [0.25, 0.3) is 0 Å². The number of benzene rings is 3. The summed E-state index contributed by atoms with van der Waals surface area (Å²) < 4.78 is 1.17. The van der Waals surface area contributed by atoms with Crippen molar-refractivity contribution in [1.82, 2.24) is 4.98 Å². The third-order valence-electron chi connectivity index (χ3n) is 4.03. The molecule has 1 heterocycles. The lowest BCUT2D eigenvalue weighted by molar-refractivity contribution is -0.113. The minimum absolute atomic E-state index is 0.0115. The fourth-order valence-electron chi connectivity index (χ4n) is 2.76. The van der Waals surface area contributed by atoms with Gasteiger partial charge in [0.1, 0.15) is 5.01 Å². The van der Waals surface area contributed by atoms with Gasteiger partial charge >= 0.3 is 0 Å². The highest BCUT2D eigenvalue weighted by molar-refractivity contribution is 7.99. The van der Waals surface area contributed by atoms with Gasteiger partial charge in [-0.25, -0.2) is 4.98 Å². The van der Waals surface area contributed by atoms with E-state index in [-0.39, 0.29) is 5.91 Å². The van der Waals surface area contributed by atoms with Gasteiger partial charge in [-0.3, -0.25) is 4.79 Å². The van der Waals surface area contributed by atoms with Gasteiger partial charge in [0.05, 0.1) is 16.0 Å². The van der Waals surface area contributed by atoms with Crippen LogP contribution in [0.5, 0.6) is 0 Å². The predicted octanol–water partition coefficient (Wildman–Crippen LogP) is 5.84. The van der Waals surface area contributed by atoms with Crippen LogP contribution in [0.25, 0.3) is 20.8 Å². The van der Waals surface area contributed by atoms with Crippen molar-refractivity contribution in [3.8, 4) is 10.6 Å². The summed E-state index contributed by atoms with van der Waals surface area (Å²) in [6, 6.07) is 26.2. The van der Waals surface area contributed by atoms with Crippen molar-refractivity contribution in [2.75, 3.05) is 11.1 Å². The molecule has 0 aliphatic carbocycles. The number of nitrogens with one attached hydrogen (secondary N) is 1. The molecule has 0 aliphatic heterocycles. The van der Waals surface area contributed by atoms with E-state index < -0.39 is 0 Å². The summed E-state index contributed by atoms with van der Waals surface area (Å²) in [5.41, 5.74) is 4.06. The summed E-state index contributed by atoms with van der Waals surface area (Å²) in [5.74, 6) is 1.28. The van der Waals surface area contributed by atoms with Crippen LogP contribution in [-0.4, -0.2) is 16.6 Å². The number of amides is 1. The number of hydrogen-bond acceptors (Lipinski definition) is 4. The summed E-state index contributed by atoms with van der Waals surface area (Å²) in [6.07, 6.45) is 0. The molecule has 3 nitrogen and oxygen atoms in total. The Morgan fingerprint density at radius 2 is 1.78 bits per heavy atom. The highest BCUT2D eigenvalue weighted by Crippen LogP contribution is 2.31. The highest BCUT2D eigenvalue weighted by Gasteiger charge is 2.08. The van der Waals surface area contributed by atoms with E-state index in [9.17, 15) is 4.79 Å². The number of anilines is 1. The number of carbonyl (C=O) groups excluding carboxylic acids is 1. The molecule has 0 bridgehead atoms. The number of aromatic nitrogens is 1. The van der Waals surface area contributed by atoms with Gasteiger partial charge in [0.15, 0.2) is 0 Å². The maximum absolute atomic E-state index is 12.2. The van der Waals surface area contributed by atoms with Crippen LogP contribution < -0.4 is 5.32 Å². The monoisotopic (exact) mass is 390 g/mol. The van der Waals surface area contributed by atoms with E-state index in [4.69, 9.17) is 0 Å². The van der Waals surface area contributed by atoms with Crippen molar-refractivity contribution in [3.05, 3.63) is 84.4 Å². The maximum Gasteiger partial charge on any atom is 0.234 e. The number of thioether (sulfide) groups is 1. The molecule has 0 atom stereocenters. The Hall–Kier alpha value is -2.63. The smallest absolute Gasteiger partial charge is 0.234 e. The van der Waals surface area contributed by atoms with Crippen LogP contribution in [0, 0.1) is 0 Å². The first-order valence-corrected chi connectivity index (χ1v) is 10.6. The highest BCUT2D eigenvalue weighted by atomic mass is 32.2. The van der Waals surface area contributed by atoms with Gasteiger partial charge in [-0.1, -0.05) is 54.6 Å². The fourth-order valence-corrected chi connectivity index (χ4v) is 4.51. The molecule has 3 aromatic carbocycles. The van der Waals surface area contributed by atoms with Gasteiger partial charge in [-0.15, -0.1) is 23.1 Å². The predicted molar refractivity (Wildman–Crippen MR) is 116 cm³/mol. The molecule has 4 rings (SSSR count). The van der Waals surface area contributed by atoms with Crippen LogP contribution in [0.4, 0.5) is 5.69 Å². The van der Waals surface area contributed by atoms with E-state index in [1.165, 1.54) is 10.3 Å². The molecule has 1 amide bonds. The number of fused-ring (bicyclic) bond motifs is 1. The summed E-state index contributed by atoms with van der Waals surface area (Å²) in [4.78, 5) is 16.9. The van der Waals surface area contributed by atoms with E-state index >= 15 is 0 Å². The molecule has 1 N–H and O–H groups in total. The second kappa shape index (κ2) is 8.37. The minimum atomic E-state index is 0.0115. The van der Waals surface area contributed by atoms with Crippen molar-refractivity contribution in [3.63, 3.8) is 0 Å². The van der Waals surface area contributed by atoms with Crippen molar-refractivity contribution in [2.45, 2.75) is 5.75 Å². The summed E-state index contributed by atoms with van der Waals surface area (Å²) in [6.45, 7) is 0.